The van der Waals surface area contributed by atoms with Crippen LogP contribution in [0.5, 0.6) is 0 Å². The molecule has 1 aromatic carbocycles. The minimum absolute atomic E-state index is 0.114. The Labute approximate surface area is 98.8 Å². The lowest BCUT2D eigenvalue weighted by molar-refractivity contribution is -0.120. The Bertz CT molecular complexity index is 378. The highest BCUT2D eigenvalue weighted by molar-refractivity contribution is 7.80. The molecule has 0 aromatic heterocycles. The van der Waals surface area contributed by atoms with E-state index in [-0.39, 0.29) is 23.3 Å². The molecule has 0 spiro atoms. The first-order valence-corrected chi connectivity index (χ1v) is 5.28. The molecule has 1 amide bonds. The van der Waals surface area contributed by atoms with Gasteiger partial charge in [-0.25, -0.2) is 4.39 Å². The van der Waals surface area contributed by atoms with Crippen molar-refractivity contribution in [3.63, 3.8) is 0 Å². The summed E-state index contributed by atoms with van der Waals surface area (Å²) in [6.07, 6.45) is 0.914. The number of nitrogens with one attached hydrogen (secondary N) is 1. The van der Waals surface area contributed by atoms with Gasteiger partial charge in [-0.05, 0) is 24.1 Å². The molecule has 0 unspecified atom stereocenters. The Morgan fingerprint density at radius 3 is 2.56 bits per heavy atom. The predicted molar refractivity (Wildman–Crippen MR) is 64.5 cm³/mol. The highest BCUT2D eigenvalue weighted by Gasteiger charge is 2.02. The van der Waals surface area contributed by atoms with E-state index in [1.54, 1.807) is 12.1 Å². The number of hydrogen-bond acceptors (Lipinski definition) is 2. The molecular weight excluding hydrogens is 227 g/mol. The van der Waals surface area contributed by atoms with Crippen LogP contribution in [0.25, 0.3) is 0 Å². The topological polar surface area (TPSA) is 55.1 Å². The maximum atomic E-state index is 12.6. The second-order valence-electron chi connectivity index (χ2n) is 3.37. The molecule has 1 aromatic rings. The molecule has 86 valence electrons. The van der Waals surface area contributed by atoms with E-state index in [0.29, 0.717) is 12.8 Å². The molecule has 16 heavy (non-hydrogen) atoms. The van der Waals surface area contributed by atoms with Gasteiger partial charge in [-0.2, -0.15) is 0 Å². The Morgan fingerprint density at radius 2 is 2.00 bits per heavy atom. The Balaban J connectivity index is 2.31. The number of thiocarbonyl (C=S) groups is 1. The second kappa shape index (κ2) is 6.17. The Morgan fingerprint density at radius 1 is 1.38 bits per heavy atom. The van der Waals surface area contributed by atoms with Crippen LogP contribution in [-0.2, 0) is 11.2 Å². The summed E-state index contributed by atoms with van der Waals surface area (Å²) in [6, 6.07) is 6.08. The number of halogens is 1. The van der Waals surface area contributed by atoms with Gasteiger partial charge in [0.05, 0.1) is 11.5 Å². The molecule has 0 aliphatic carbocycles. The number of benzene rings is 1. The lowest BCUT2D eigenvalue weighted by Gasteiger charge is -2.03. The van der Waals surface area contributed by atoms with Gasteiger partial charge in [-0.1, -0.05) is 24.4 Å². The molecule has 0 saturated carbocycles. The minimum atomic E-state index is -0.276. The summed E-state index contributed by atoms with van der Waals surface area (Å²) in [6.45, 7) is 0.220. The van der Waals surface area contributed by atoms with E-state index in [2.05, 4.69) is 17.5 Å². The van der Waals surface area contributed by atoms with E-state index >= 15 is 0 Å². The van der Waals surface area contributed by atoms with Crippen LogP contribution in [0.1, 0.15) is 12.0 Å². The van der Waals surface area contributed by atoms with Crippen molar-refractivity contribution in [3.8, 4) is 0 Å². The zero-order valence-corrected chi connectivity index (χ0v) is 9.52. The standard InChI is InChI=1S/C11H13FN2OS/c12-9-4-1-8(2-5-9)3-6-11(15)14-7-10(13)16/h1-2,4-5H,3,6-7H2,(H2,13,16)(H,14,15). The van der Waals surface area contributed by atoms with Gasteiger partial charge in [0.1, 0.15) is 5.82 Å². The van der Waals surface area contributed by atoms with Crippen LogP contribution in [-0.4, -0.2) is 17.4 Å². The summed E-state index contributed by atoms with van der Waals surface area (Å²) in [5, 5.41) is 2.58. The number of hydrogen-bond donors (Lipinski definition) is 2. The molecule has 0 radical (unpaired) electrons. The van der Waals surface area contributed by atoms with Gasteiger partial charge in [-0.3, -0.25) is 4.79 Å². The van der Waals surface area contributed by atoms with Crippen molar-refractivity contribution in [1.82, 2.24) is 5.32 Å². The average molecular weight is 240 g/mol. The van der Waals surface area contributed by atoms with Crippen molar-refractivity contribution in [2.24, 2.45) is 5.73 Å². The van der Waals surface area contributed by atoms with E-state index in [4.69, 9.17) is 5.73 Å². The highest BCUT2D eigenvalue weighted by Crippen LogP contribution is 2.05. The molecule has 3 nitrogen and oxygen atoms in total. The van der Waals surface area contributed by atoms with Crippen molar-refractivity contribution < 1.29 is 9.18 Å². The summed E-state index contributed by atoms with van der Waals surface area (Å²) in [5.41, 5.74) is 6.16. The third-order valence-electron chi connectivity index (χ3n) is 2.01. The van der Waals surface area contributed by atoms with Crippen LogP contribution in [0.4, 0.5) is 4.39 Å². The van der Waals surface area contributed by atoms with Gasteiger partial charge in [-0.15, -0.1) is 0 Å². The first-order valence-electron chi connectivity index (χ1n) is 4.87. The highest BCUT2D eigenvalue weighted by atomic mass is 32.1. The average Bonchev–Trinajstić information content (AvgIpc) is 2.25. The number of nitrogens with two attached hydrogens (primary N) is 1. The summed E-state index contributed by atoms with van der Waals surface area (Å²) in [4.78, 5) is 11.5. The van der Waals surface area contributed by atoms with Gasteiger partial charge >= 0.3 is 0 Å². The first kappa shape index (κ1) is 12.6. The number of rotatable bonds is 5. The van der Waals surface area contributed by atoms with Gasteiger partial charge in [0.2, 0.25) is 5.91 Å². The summed E-state index contributed by atoms with van der Waals surface area (Å²) < 4.78 is 12.6. The molecule has 0 aliphatic heterocycles. The largest absolute Gasteiger partial charge is 0.392 e. The van der Waals surface area contributed by atoms with Gasteiger partial charge in [0, 0.05) is 6.42 Å². The van der Waals surface area contributed by atoms with Crippen molar-refractivity contribution in [2.45, 2.75) is 12.8 Å². The Kier molecular flexibility index (Phi) is 4.85. The zero-order valence-electron chi connectivity index (χ0n) is 8.70. The quantitative estimate of drug-likeness (QED) is 0.759. The van der Waals surface area contributed by atoms with Gasteiger partial charge < -0.3 is 11.1 Å². The number of aryl methyl sites for hydroxylation is 1. The monoisotopic (exact) mass is 240 g/mol. The van der Waals surface area contributed by atoms with Crippen molar-refractivity contribution in [2.75, 3.05) is 6.54 Å². The lowest BCUT2D eigenvalue weighted by Crippen LogP contribution is -2.32. The van der Waals surface area contributed by atoms with E-state index in [9.17, 15) is 9.18 Å². The molecule has 0 bridgehead atoms. The summed E-state index contributed by atoms with van der Waals surface area (Å²) >= 11 is 4.63. The SMILES string of the molecule is NC(=S)CNC(=O)CCc1ccc(F)cc1. The van der Waals surface area contributed by atoms with E-state index in [0.717, 1.165) is 5.56 Å². The van der Waals surface area contributed by atoms with Gasteiger partial charge in [0.25, 0.3) is 0 Å². The molecule has 0 heterocycles. The molecule has 0 atom stereocenters. The third kappa shape index (κ3) is 4.84. The summed E-state index contributed by atoms with van der Waals surface area (Å²) in [7, 11) is 0. The van der Waals surface area contributed by atoms with Crippen LogP contribution < -0.4 is 11.1 Å². The normalized spacial score (nSPS) is 9.81. The van der Waals surface area contributed by atoms with E-state index in [1.165, 1.54) is 12.1 Å². The number of carbonyl (C=O) groups is 1. The fraction of sp³-hybridized carbons (Fsp3) is 0.273. The Hall–Kier alpha value is -1.49. The van der Waals surface area contributed by atoms with Crippen molar-refractivity contribution >= 4 is 23.1 Å². The molecule has 5 heteroatoms. The molecular formula is C11H13FN2OS. The van der Waals surface area contributed by atoms with Crippen molar-refractivity contribution in [1.29, 1.82) is 0 Å². The maximum absolute atomic E-state index is 12.6. The third-order valence-corrected chi connectivity index (χ3v) is 2.16. The molecule has 0 aliphatic rings. The summed E-state index contributed by atoms with van der Waals surface area (Å²) in [5.74, 6) is -0.390. The minimum Gasteiger partial charge on any atom is -0.392 e. The van der Waals surface area contributed by atoms with Crippen LogP contribution in [0.15, 0.2) is 24.3 Å². The van der Waals surface area contributed by atoms with Crippen LogP contribution in [0.3, 0.4) is 0 Å². The molecule has 0 saturated heterocycles. The van der Waals surface area contributed by atoms with Crippen LogP contribution >= 0.6 is 12.2 Å². The zero-order chi connectivity index (χ0) is 12.0. The lowest BCUT2D eigenvalue weighted by atomic mass is 10.1. The fourth-order valence-corrected chi connectivity index (χ4v) is 1.26. The molecule has 3 N–H and O–H groups in total. The number of carbonyl (C=O) groups excluding carboxylic acids is 1. The molecule has 0 fully saturated rings. The van der Waals surface area contributed by atoms with E-state index in [1.807, 2.05) is 0 Å². The fourth-order valence-electron chi connectivity index (χ4n) is 1.18. The first-order chi connectivity index (χ1) is 7.58. The maximum Gasteiger partial charge on any atom is 0.220 e. The second-order valence-corrected chi connectivity index (χ2v) is 3.89. The van der Waals surface area contributed by atoms with Crippen molar-refractivity contribution in [3.05, 3.63) is 35.6 Å². The van der Waals surface area contributed by atoms with E-state index < -0.39 is 0 Å². The van der Waals surface area contributed by atoms with Crippen LogP contribution in [0, 0.1) is 5.82 Å². The molecule has 1 rings (SSSR count). The van der Waals surface area contributed by atoms with Crippen LogP contribution in [0.2, 0.25) is 0 Å². The number of amides is 1. The van der Waals surface area contributed by atoms with Gasteiger partial charge in [0.15, 0.2) is 0 Å². The smallest absolute Gasteiger partial charge is 0.220 e. The predicted octanol–water partition coefficient (Wildman–Crippen LogP) is 1.16.